The Balaban J connectivity index is 2.38. The molecule has 2 atom stereocenters. The van der Waals surface area contributed by atoms with E-state index in [-0.39, 0.29) is 12.1 Å². The lowest BCUT2D eigenvalue weighted by Gasteiger charge is -2.23. The third kappa shape index (κ3) is 5.92. The highest BCUT2D eigenvalue weighted by Gasteiger charge is 2.30. The van der Waals surface area contributed by atoms with Crippen LogP contribution in [0.15, 0.2) is 0 Å². The van der Waals surface area contributed by atoms with Gasteiger partial charge in [-0.25, -0.2) is 4.79 Å². The Bertz CT molecular complexity index is 297. The van der Waals surface area contributed by atoms with Crippen molar-refractivity contribution in [2.45, 2.75) is 44.6 Å². The molecule has 0 aromatic carbocycles. The van der Waals surface area contributed by atoms with Gasteiger partial charge in [0.1, 0.15) is 0 Å². The Hall–Kier alpha value is -1.30. The molecule has 1 rings (SSSR count). The summed E-state index contributed by atoms with van der Waals surface area (Å²) >= 11 is 0. The Labute approximate surface area is 114 Å². The molecule has 1 aliphatic carbocycles. The van der Waals surface area contributed by atoms with Gasteiger partial charge in [-0.05, 0) is 32.9 Å². The monoisotopic (exact) mass is 271 g/mol. The molecule has 19 heavy (non-hydrogen) atoms. The first-order chi connectivity index (χ1) is 9.15. The molecule has 1 aliphatic rings. The SMILES string of the molecule is CNCCCNC(=O)NC1CCCCCC1C(=O)O. The zero-order valence-electron chi connectivity index (χ0n) is 11.6. The highest BCUT2D eigenvalue weighted by Crippen LogP contribution is 2.23. The second-order valence-corrected chi connectivity index (χ2v) is 5.05. The minimum atomic E-state index is -0.803. The van der Waals surface area contributed by atoms with Gasteiger partial charge in [0, 0.05) is 12.6 Å². The Kier molecular flexibility index (Phi) is 7.25. The van der Waals surface area contributed by atoms with E-state index in [1.165, 1.54) is 0 Å². The second-order valence-electron chi connectivity index (χ2n) is 5.05. The molecule has 0 radical (unpaired) electrons. The van der Waals surface area contributed by atoms with Crippen LogP contribution < -0.4 is 16.0 Å². The maximum Gasteiger partial charge on any atom is 0.315 e. The molecule has 0 aromatic rings. The number of carbonyl (C=O) groups is 2. The number of carbonyl (C=O) groups excluding carboxylic acids is 1. The van der Waals surface area contributed by atoms with Gasteiger partial charge >= 0.3 is 12.0 Å². The predicted molar refractivity (Wildman–Crippen MR) is 73.1 cm³/mol. The maximum atomic E-state index is 11.7. The van der Waals surface area contributed by atoms with Crippen LogP contribution in [0.2, 0.25) is 0 Å². The first kappa shape index (κ1) is 15.8. The highest BCUT2D eigenvalue weighted by atomic mass is 16.4. The summed E-state index contributed by atoms with van der Waals surface area (Å²) in [5.74, 6) is -1.26. The first-order valence-electron chi connectivity index (χ1n) is 7.07. The number of hydrogen-bond donors (Lipinski definition) is 4. The van der Waals surface area contributed by atoms with E-state index in [0.717, 1.165) is 38.6 Å². The zero-order valence-corrected chi connectivity index (χ0v) is 11.6. The van der Waals surface area contributed by atoms with Crippen molar-refractivity contribution in [2.24, 2.45) is 5.92 Å². The molecular formula is C13H25N3O3. The van der Waals surface area contributed by atoms with Crippen molar-refractivity contribution in [1.82, 2.24) is 16.0 Å². The minimum Gasteiger partial charge on any atom is -0.481 e. The average molecular weight is 271 g/mol. The van der Waals surface area contributed by atoms with Gasteiger partial charge in [0.05, 0.1) is 5.92 Å². The van der Waals surface area contributed by atoms with E-state index in [9.17, 15) is 14.7 Å². The molecule has 1 saturated carbocycles. The molecule has 0 bridgehead atoms. The molecule has 6 heteroatoms. The third-order valence-electron chi connectivity index (χ3n) is 3.54. The van der Waals surface area contributed by atoms with Crippen LogP contribution in [0.3, 0.4) is 0 Å². The van der Waals surface area contributed by atoms with Gasteiger partial charge in [0.2, 0.25) is 0 Å². The number of nitrogens with one attached hydrogen (secondary N) is 3. The molecule has 0 saturated heterocycles. The van der Waals surface area contributed by atoms with Crippen molar-refractivity contribution >= 4 is 12.0 Å². The Morgan fingerprint density at radius 1 is 1.16 bits per heavy atom. The van der Waals surface area contributed by atoms with Crippen molar-refractivity contribution < 1.29 is 14.7 Å². The fraction of sp³-hybridized carbons (Fsp3) is 0.846. The molecule has 0 spiro atoms. The van der Waals surface area contributed by atoms with E-state index in [1.807, 2.05) is 7.05 Å². The van der Waals surface area contributed by atoms with E-state index in [0.29, 0.717) is 13.0 Å². The lowest BCUT2D eigenvalue weighted by Crippen LogP contribution is -2.47. The van der Waals surface area contributed by atoms with E-state index in [1.54, 1.807) is 0 Å². The van der Waals surface area contributed by atoms with Gasteiger partial charge in [-0.2, -0.15) is 0 Å². The van der Waals surface area contributed by atoms with Gasteiger partial charge < -0.3 is 21.1 Å². The van der Waals surface area contributed by atoms with Crippen molar-refractivity contribution in [3.63, 3.8) is 0 Å². The summed E-state index contributed by atoms with van der Waals surface area (Å²) in [5, 5.41) is 17.8. The lowest BCUT2D eigenvalue weighted by molar-refractivity contribution is -0.142. The molecular weight excluding hydrogens is 246 g/mol. The van der Waals surface area contributed by atoms with Crippen LogP contribution in [-0.2, 0) is 4.79 Å². The Morgan fingerprint density at radius 2 is 1.89 bits per heavy atom. The number of hydrogen-bond acceptors (Lipinski definition) is 3. The summed E-state index contributed by atoms with van der Waals surface area (Å²) < 4.78 is 0. The minimum absolute atomic E-state index is 0.246. The average Bonchev–Trinajstić information content (AvgIpc) is 2.60. The molecule has 6 nitrogen and oxygen atoms in total. The van der Waals surface area contributed by atoms with E-state index in [4.69, 9.17) is 0 Å². The van der Waals surface area contributed by atoms with Gasteiger partial charge in [-0.15, -0.1) is 0 Å². The quantitative estimate of drug-likeness (QED) is 0.427. The van der Waals surface area contributed by atoms with Crippen LogP contribution in [-0.4, -0.2) is 43.3 Å². The van der Waals surface area contributed by atoms with Crippen LogP contribution in [0.5, 0.6) is 0 Å². The molecule has 4 N–H and O–H groups in total. The molecule has 0 aromatic heterocycles. The van der Waals surface area contributed by atoms with Crippen LogP contribution in [0.25, 0.3) is 0 Å². The van der Waals surface area contributed by atoms with Crippen LogP contribution in [0.1, 0.15) is 38.5 Å². The fourth-order valence-corrected chi connectivity index (χ4v) is 2.46. The van der Waals surface area contributed by atoms with Gasteiger partial charge in [0.15, 0.2) is 0 Å². The predicted octanol–water partition coefficient (Wildman–Crippen LogP) is 0.929. The Morgan fingerprint density at radius 3 is 2.58 bits per heavy atom. The van der Waals surface area contributed by atoms with Crippen LogP contribution >= 0.6 is 0 Å². The van der Waals surface area contributed by atoms with Crippen LogP contribution in [0, 0.1) is 5.92 Å². The standard InChI is InChI=1S/C13H25N3O3/c1-14-8-5-9-15-13(19)16-11-7-4-2-3-6-10(11)12(17)18/h10-11,14H,2-9H2,1H3,(H,17,18)(H2,15,16,19). The largest absolute Gasteiger partial charge is 0.481 e. The summed E-state index contributed by atoms with van der Waals surface area (Å²) in [6.07, 6.45) is 5.22. The van der Waals surface area contributed by atoms with Gasteiger partial charge in [-0.1, -0.05) is 19.3 Å². The fourth-order valence-electron chi connectivity index (χ4n) is 2.46. The topological polar surface area (TPSA) is 90.5 Å². The summed E-state index contributed by atoms with van der Waals surface area (Å²) in [6, 6.07) is -0.501. The smallest absolute Gasteiger partial charge is 0.315 e. The van der Waals surface area contributed by atoms with Gasteiger partial charge in [0.25, 0.3) is 0 Å². The van der Waals surface area contributed by atoms with Crippen molar-refractivity contribution in [2.75, 3.05) is 20.1 Å². The lowest BCUT2D eigenvalue weighted by atomic mass is 9.95. The summed E-state index contributed by atoms with van der Waals surface area (Å²) in [6.45, 7) is 1.44. The normalized spacial score (nSPS) is 23.4. The molecule has 2 unspecified atom stereocenters. The first-order valence-corrected chi connectivity index (χ1v) is 7.07. The summed E-state index contributed by atoms with van der Waals surface area (Å²) in [7, 11) is 1.86. The van der Waals surface area contributed by atoms with E-state index in [2.05, 4.69) is 16.0 Å². The molecule has 2 amide bonds. The van der Waals surface area contributed by atoms with Crippen molar-refractivity contribution in [1.29, 1.82) is 0 Å². The number of carboxylic acids is 1. The maximum absolute atomic E-state index is 11.7. The summed E-state index contributed by atoms with van der Waals surface area (Å²) in [4.78, 5) is 22.9. The highest BCUT2D eigenvalue weighted by molar-refractivity contribution is 5.76. The number of rotatable bonds is 6. The molecule has 0 heterocycles. The number of amides is 2. The van der Waals surface area contributed by atoms with Crippen molar-refractivity contribution in [3.05, 3.63) is 0 Å². The molecule has 1 fully saturated rings. The number of carboxylic acid groups (broad SMARTS) is 1. The second kappa shape index (κ2) is 8.74. The summed E-state index contributed by atoms with van der Waals surface area (Å²) in [5.41, 5.74) is 0. The molecule has 110 valence electrons. The third-order valence-corrected chi connectivity index (χ3v) is 3.54. The van der Waals surface area contributed by atoms with Gasteiger partial charge in [-0.3, -0.25) is 4.79 Å². The van der Waals surface area contributed by atoms with E-state index < -0.39 is 11.9 Å². The zero-order chi connectivity index (χ0) is 14.1. The molecule has 0 aliphatic heterocycles. The number of urea groups is 1. The van der Waals surface area contributed by atoms with Crippen LogP contribution in [0.4, 0.5) is 4.79 Å². The van der Waals surface area contributed by atoms with Crippen molar-refractivity contribution in [3.8, 4) is 0 Å². The van der Waals surface area contributed by atoms with E-state index >= 15 is 0 Å². The number of aliphatic carboxylic acids is 1.